The molecule has 0 saturated carbocycles. The molecule has 0 fully saturated rings. The smallest absolute Gasteiger partial charge is 0.327 e. The predicted octanol–water partition coefficient (Wildman–Crippen LogP) is -0.440. The fourth-order valence-corrected chi connectivity index (χ4v) is 2.08. The molecule has 1 aromatic carbocycles. The van der Waals surface area contributed by atoms with Crippen molar-refractivity contribution in [2.75, 3.05) is 5.75 Å². The Hall–Kier alpha value is -2.06. The summed E-state index contributed by atoms with van der Waals surface area (Å²) in [6.07, 6.45) is 0.343. The summed E-state index contributed by atoms with van der Waals surface area (Å²) in [6.45, 7) is 1.46. The lowest BCUT2D eigenvalue weighted by molar-refractivity contribution is -0.141. The molecule has 5 N–H and O–H groups in total. The molecule has 0 radical (unpaired) electrons. The van der Waals surface area contributed by atoms with Crippen LogP contribution in [0.1, 0.15) is 12.5 Å². The standard InChI is InChI=1S/C15H21N3O4S/c1-9(13(19)18-12(8-23)15(21)22)17-14(20)11(16)7-10-5-3-2-4-6-10/h2-6,9,11-12,23H,7-8,16H2,1H3,(H,17,20)(H,18,19)(H,21,22)/t9-,11-,12-/m0/s1. The van der Waals surface area contributed by atoms with Gasteiger partial charge in [-0.25, -0.2) is 4.79 Å². The molecular formula is C15H21N3O4S. The molecule has 126 valence electrons. The number of carboxylic acids is 1. The van der Waals surface area contributed by atoms with Crippen LogP contribution in [-0.2, 0) is 20.8 Å². The van der Waals surface area contributed by atoms with Gasteiger partial charge in [-0.3, -0.25) is 9.59 Å². The summed E-state index contributed by atoms with van der Waals surface area (Å²) >= 11 is 3.85. The number of nitrogens with two attached hydrogens (primary N) is 1. The van der Waals surface area contributed by atoms with Crippen molar-refractivity contribution in [3.8, 4) is 0 Å². The molecule has 1 aromatic rings. The molecule has 8 heteroatoms. The van der Waals surface area contributed by atoms with Gasteiger partial charge in [0.05, 0.1) is 6.04 Å². The molecule has 0 spiro atoms. The van der Waals surface area contributed by atoms with Crippen LogP contribution in [0.15, 0.2) is 30.3 Å². The molecule has 0 heterocycles. The molecule has 0 unspecified atom stereocenters. The molecule has 0 bridgehead atoms. The number of aliphatic carboxylic acids is 1. The fraction of sp³-hybridized carbons (Fsp3) is 0.400. The summed E-state index contributed by atoms with van der Waals surface area (Å²) in [4.78, 5) is 34.7. The summed E-state index contributed by atoms with van der Waals surface area (Å²) in [5, 5.41) is 13.6. The fourth-order valence-electron chi connectivity index (χ4n) is 1.83. The first kappa shape index (κ1) is 19.0. The van der Waals surface area contributed by atoms with Crippen molar-refractivity contribution in [3.63, 3.8) is 0 Å². The maximum Gasteiger partial charge on any atom is 0.327 e. The maximum absolute atomic E-state index is 12.0. The van der Waals surface area contributed by atoms with Gasteiger partial charge in [0.2, 0.25) is 11.8 Å². The van der Waals surface area contributed by atoms with E-state index in [9.17, 15) is 14.4 Å². The number of hydrogen-bond acceptors (Lipinski definition) is 5. The molecule has 0 aliphatic heterocycles. The molecule has 23 heavy (non-hydrogen) atoms. The topological polar surface area (TPSA) is 122 Å². The van der Waals surface area contributed by atoms with Crippen LogP contribution in [-0.4, -0.2) is 46.8 Å². The van der Waals surface area contributed by atoms with Gasteiger partial charge in [0.15, 0.2) is 0 Å². The highest BCUT2D eigenvalue weighted by atomic mass is 32.1. The largest absolute Gasteiger partial charge is 0.480 e. The Balaban J connectivity index is 2.51. The van der Waals surface area contributed by atoms with E-state index in [-0.39, 0.29) is 5.75 Å². The van der Waals surface area contributed by atoms with Crippen LogP contribution in [0.3, 0.4) is 0 Å². The Morgan fingerprint density at radius 1 is 1.17 bits per heavy atom. The average molecular weight is 339 g/mol. The number of carbonyl (C=O) groups is 3. The van der Waals surface area contributed by atoms with Crippen LogP contribution in [0.2, 0.25) is 0 Å². The van der Waals surface area contributed by atoms with Crippen molar-refractivity contribution in [2.45, 2.75) is 31.5 Å². The highest BCUT2D eigenvalue weighted by molar-refractivity contribution is 7.80. The number of benzene rings is 1. The van der Waals surface area contributed by atoms with E-state index in [1.165, 1.54) is 6.92 Å². The van der Waals surface area contributed by atoms with Crippen molar-refractivity contribution in [3.05, 3.63) is 35.9 Å². The normalized spacial score (nSPS) is 14.4. The number of thiol groups is 1. The summed E-state index contributed by atoms with van der Waals surface area (Å²) in [5.74, 6) is -2.32. The summed E-state index contributed by atoms with van der Waals surface area (Å²) in [5.41, 5.74) is 6.73. The molecule has 7 nitrogen and oxygen atoms in total. The van der Waals surface area contributed by atoms with Crippen LogP contribution in [0.25, 0.3) is 0 Å². The van der Waals surface area contributed by atoms with Gasteiger partial charge in [-0.1, -0.05) is 30.3 Å². The van der Waals surface area contributed by atoms with Crippen LogP contribution in [0.4, 0.5) is 0 Å². The lowest BCUT2D eigenvalue weighted by atomic mass is 10.1. The number of amides is 2. The van der Waals surface area contributed by atoms with Gasteiger partial charge in [0.1, 0.15) is 12.1 Å². The van der Waals surface area contributed by atoms with E-state index < -0.39 is 35.9 Å². The van der Waals surface area contributed by atoms with Crippen LogP contribution in [0, 0.1) is 0 Å². The Labute approximate surface area is 140 Å². The zero-order valence-electron chi connectivity index (χ0n) is 12.7. The molecule has 0 aliphatic rings. The predicted molar refractivity (Wildman–Crippen MR) is 89.1 cm³/mol. The van der Waals surface area contributed by atoms with Crippen LogP contribution in [0.5, 0.6) is 0 Å². The van der Waals surface area contributed by atoms with E-state index >= 15 is 0 Å². The Kier molecular flexibility index (Phi) is 7.56. The van der Waals surface area contributed by atoms with Crippen molar-refractivity contribution in [1.82, 2.24) is 10.6 Å². The number of carboxylic acid groups (broad SMARTS) is 1. The molecule has 3 atom stereocenters. The molecule has 0 aliphatic carbocycles. The first-order chi connectivity index (χ1) is 10.8. The minimum absolute atomic E-state index is 0.0464. The van der Waals surface area contributed by atoms with Crippen molar-refractivity contribution in [1.29, 1.82) is 0 Å². The summed E-state index contributed by atoms with van der Waals surface area (Å²) in [7, 11) is 0. The number of rotatable bonds is 8. The van der Waals surface area contributed by atoms with Gasteiger partial charge in [-0.05, 0) is 18.9 Å². The third kappa shape index (κ3) is 6.29. The van der Waals surface area contributed by atoms with E-state index in [4.69, 9.17) is 10.8 Å². The van der Waals surface area contributed by atoms with Gasteiger partial charge in [0, 0.05) is 5.75 Å². The molecule has 1 rings (SSSR count). The summed E-state index contributed by atoms with van der Waals surface area (Å²) in [6, 6.07) is 6.46. The Morgan fingerprint density at radius 2 is 1.78 bits per heavy atom. The van der Waals surface area contributed by atoms with Gasteiger partial charge in [-0.2, -0.15) is 12.6 Å². The van der Waals surface area contributed by atoms with E-state index in [1.807, 2.05) is 30.3 Å². The van der Waals surface area contributed by atoms with Crippen molar-refractivity contribution in [2.24, 2.45) is 5.73 Å². The van der Waals surface area contributed by atoms with Gasteiger partial charge in [0.25, 0.3) is 0 Å². The van der Waals surface area contributed by atoms with Crippen molar-refractivity contribution < 1.29 is 19.5 Å². The van der Waals surface area contributed by atoms with Crippen molar-refractivity contribution >= 4 is 30.4 Å². The SMILES string of the molecule is C[C@H](NC(=O)[C@@H](N)Cc1ccccc1)C(=O)N[C@@H](CS)C(=O)O. The van der Waals surface area contributed by atoms with Gasteiger partial charge < -0.3 is 21.5 Å². The molecule has 0 saturated heterocycles. The minimum Gasteiger partial charge on any atom is -0.480 e. The van der Waals surface area contributed by atoms with E-state index in [1.54, 1.807) is 0 Å². The van der Waals surface area contributed by atoms with Crippen LogP contribution >= 0.6 is 12.6 Å². The van der Waals surface area contributed by atoms with Gasteiger partial charge >= 0.3 is 5.97 Å². The van der Waals surface area contributed by atoms with E-state index in [0.717, 1.165) is 5.56 Å². The quantitative estimate of drug-likeness (QED) is 0.411. The second kappa shape index (κ2) is 9.16. The van der Waals surface area contributed by atoms with Crippen LogP contribution < -0.4 is 16.4 Å². The molecule has 0 aromatic heterocycles. The molecule has 2 amide bonds. The zero-order valence-corrected chi connectivity index (χ0v) is 13.6. The number of hydrogen-bond donors (Lipinski definition) is 5. The third-order valence-corrected chi connectivity index (χ3v) is 3.55. The lowest BCUT2D eigenvalue weighted by Gasteiger charge is -2.19. The summed E-state index contributed by atoms with van der Waals surface area (Å²) < 4.78 is 0. The first-order valence-electron chi connectivity index (χ1n) is 7.09. The second-order valence-corrected chi connectivity index (χ2v) is 5.47. The lowest BCUT2D eigenvalue weighted by Crippen LogP contribution is -2.54. The number of carbonyl (C=O) groups excluding carboxylic acids is 2. The maximum atomic E-state index is 12.0. The number of nitrogens with one attached hydrogen (secondary N) is 2. The first-order valence-corrected chi connectivity index (χ1v) is 7.72. The van der Waals surface area contributed by atoms with E-state index in [2.05, 4.69) is 23.3 Å². The van der Waals surface area contributed by atoms with Gasteiger partial charge in [-0.15, -0.1) is 0 Å². The molecular weight excluding hydrogens is 318 g/mol. The minimum atomic E-state index is -1.19. The second-order valence-electron chi connectivity index (χ2n) is 5.11. The highest BCUT2D eigenvalue weighted by Gasteiger charge is 2.24. The third-order valence-electron chi connectivity index (χ3n) is 3.18. The zero-order chi connectivity index (χ0) is 17.4. The van der Waals surface area contributed by atoms with E-state index in [0.29, 0.717) is 6.42 Å². The highest BCUT2D eigenvalue weighted by Crippen LogP contribution is 2.02. The average Bonchev–Trinajstić information content (AvgIpc) is 2.52. The Bertz CT molecular complexity index is 553. The monoisotopic (exact) mass is 339 g/mol. The Morgan fingerprint density at radius 3 is 2.30 bits per heavy atom.